The van der Waals surface area contributed by atoms with Crippen molar-refractivity contribution in [1.82, 2.24) is 10.3 Å². The van der Waals surface area contributed by atoms with E-state index in [0.717, 1.165) is 21.3 Å². The first kappa shape index (κ1) is 13.2. The number of thiophene rings is 1. The second kappa shape index (κ2) is 5.31. The molecule has 0 saturated heterocycles. The molecule has 2 heterocycles. The minimum Gasteiger partial charge on any atom is -0.309 e. The third kappa shape index (κ3) is 2.32. The lowest BCUT2D eigenvalue weighted by Crippen LogP contribution is -2.18. The van der Waals surface area contributed by atoms with Crippen LogP contribution < -0.4 is 5.32 Å². The average Bonchev–Trinajstić information content (AvgIpc) is 2.91. The SMILES string of the molecule is CNC(c1ccc(C)c(F)c1)c1cnc2ccsc2c1. The van der Waals surface area contributed by atoms with Crippen LogP contribution in [0.15, 0.2) is 41.9 Å². The molecule has 0 radical (unpaired) electrons. The smallest absolute Gasteiger partial charge is 0.126 e. The molecule has 0 aliphatic carbocycles. The number of hydrogen-bond donors (Lipinski definition) is 1. The highest BCUT2D eigenvalue weighted by Crippen LogP contribution is 2.27. The number of nitrogens with zero attached hydrogens (tertiary/aromatic N) is 1. The van der Waals surface area contributed by atoms with Gasteiger partial charge in [-0.15, -0.1) is 11.3 Å². The number of nitrogens with one attached hydrogen (secondary N) is 1. The van der Waals surface area contributed by atoms with Gasteiger partial charge >= 0.3 is 0 Å². The first-order valence-electron chi connectivity index (χ1n) is 6.45. The summed E-state index contributed by atoms with van der Waals surface area (Å²) in [4.78, 5) is 4.45. The second-order valence-corrected chi connectivity index (χ2v) is 5.75. The van der Waals surface area contributed by atoms with Crippen LogP contribution in [0.4, 0.5) is 4.39 Å². The standard InChI is InChI=1S/C16H15FN2S/c1-10-3-4-11(7-13(10)17)16(18-2)12-8-15-14(19-9-12)5-6-20-15/h3-9,16,18H,1-2H3. The maximum atomic E-state index is 13.8. The van der Waals surface area contributed by atoms with Gasteiger partial charge in [0.2, 0.25) is 0 Å². The van der Waals surface area contributed by atoms with E-state index in [1.54, 1.807) is 24.3 Å². The summed E-state index contributed by atoms with van der Waals surface area (Å²) in [5.41, 5.74) is 3.62. The summed E-state index contributed by atoms with van der Waals surface area (Å²) in [6.45, 7) is 1.77. The van der Waals surface area contributed by atoms with Gasteiger partial charge in [0.15, 0.2) is 0 Å². The van der Waals surface area contributed by atoms with Crippen molar-refractivity contribution in [1.29, 1.82) is 0 Å². The molecule has 4 heteroatoms. The molecule has 0 bridgehead atoms. The fourth-order valence-electron chi connectivity index (χ4n) is 2.33. The fraction of sp³-hybridized carbons (Fsp3) is 0.188. The topological polar surface area (TPSA) is 24.9 Å². The molecule has 0 amide bonds. The molecular formula is C16H15FN2S. The zero-order valence-corrected chi connectivity index (χ0v) is 12.2. The summed E-state index contributed by atoms with van der Waals surface area (Å²) < 4.78 is 14.9. The number of pyridine rings is 1. The van der Waals surface area contributed by atoms with Gasteiger partial charge in [0.25, 0.3) is 0 Å². The van der Waals surface area contributed by atoms with Gasteiger partial charge in [-0.2, -0.15) is 0 Å². The highest BCUT2D eigenvalue weighted by molar-refractivity contribution is 7.17. The van der Waals surface area contributed by atoms with Gasteiger partial charge in [-0.05, 0) is 54.2 Å². The molecule has 0 spiro atoms. The molecule has 2 aromatic heterocycles. The van der Waals surface area contributed by atoms with Gasteiger partial charge in [-0.1, -0.05) is 12.1 Å². The highest BCUT2D eigenvalue weighted by atomic mass is 32.1. The van der Waals surface area contributed by atoms with E-state index >= 15 is 0 Å². The van der Waals surface area contributed by atoms with Crippen molar-refractivity contribution in [3.63, 3.8) is 0 Å². The Bertz CT molecular complexity index is 751. The first-order chi connectivity index (χ1) is 9.69. The summed E-state index contributed by atoms with van der Waals surface area (Å²) in [7, 11) is 1.88. The number of aromatic nitrogens is 1. The highest BCUT2D eigenvalue weighted by Gasteiger charge is 2.14. The normalized spacial score (nSPS) is 12.8. The molecule has 3 aromatic rings. The molecule has 2 nitrogen and oxygen atoms in total. The summed E-state index contributed by atoms with van der Waals surface area (Å²) in [5.74, 6) is -0.173. The number of halogens is 1. The fourth-order valence-corrected chi connectivity index (χ4v) is 3.12. The predicted octanol–water partition coefficient (Wildman–Crippen LogP) is 4.05. The van der Waals surface area contributed by atoms with Crippen molar-refractivity contribution in [2.75, 3.05) is 7.05 Å². The van der Waals surface area contributed by atoms with E-state index in [2.05, 4.69) is 16.4 Å². The Balaban J connectivity index is 2.05. The zero-order chi connectivity index (χ0) is 14.1. The van der Waals surface area contributed by atoms with Crippen molar-refractivity contribution in [2.24, 2.45) is 0 Å². The van der Waals surface area contributed by atoms with Crippen LogP contribution in [0.2, 0.25) is 0 Å². The Morgan fingerprint density at radius 3 is 2.80 bits per heavy atom. The lowest BCUT2D eigenvalue weighted by molar-refractivity contribution is 0.608. The summed E-state index contributed by atoms with van der Waals surface area (Å²) in [6, 6.07) is 9.43. The van der Waals surface area contributed by atoms with Crippen molar-refractivity contribution in [3.05, 3.63) is 64.4 Å². The zero-order valence-electron chi connectivity index (χ0n) is 11.4. The molecular weight excluding hydrogens is 271 g/mol. The lowest BCUT2D eigenvalue weighted by atomic mass is 9.99. The Morgan fingerprint density at radius 2 is 2.05 bits per heavy atom. The predicted molar refractivity (Wildman–Crippen MR) is 81.7 cm³/mol. The molecule has 20 heavy (non-hydrogen) atoms. The third-order valence-electron chi connectivity index (χ3n) is 3.48. The average molecular weight is 286 g/mol. The third-order valence-corrected chi connectivity index (χ3v) is 4.33. The van der Waals surface area contributed by atoms with Crippen LogP contribution in [0.3, 0.4) is 0 Å². The van der Waals surface area contributed by atoms with E-state index in [9.17, 15) is 4.39 Å². The largest absolute Gasteiger partial charge is 0.309 e. The van der Waals surface area contributed by atoms with Crippen LogP contribution in [-0.4, -0.2) is 12.0 Å². The maximum Gasteiger partial charge on any atom is 0.126 e. The number of aryl methyl sites for hydroxylation is 1. The molecule has 0 aliphatic heterocycles. The van der Waals surface area contributed by atoms with Crippen LogP contribution >= 0.6 is 11.3 Å². The van der Waals surface area contributed by atoms with Crippen molar-refractivity contribution < 1.29 is 4.39 Å². The van der Waals surface area contributed by atoms with E-state index in [1.165, 1.54) is 0 Å². The quantitative estimate of drug-likeness (QED) is 0.785. The number of benzene rings is 1. The Morgan fingerprint density at radius 1 is 1.20 bits per heavy atom. The number of rotatable bonds is 3. The van der Waals surface area contributed by atoms with Gasteiger partial charge in [-0.3, -0.25) is 4.98 Å². The van der Waals surface area contributed by atoms with Crippen molar-refractivity contribution >= 4 is 21.6 Å². The van der Waals surface area contributed by atoms with Crippen LogP contribution in [0.5, 0.6) is 0 Å². The second-order valence-electron chi connectivity index (χ2n) is 4.80. The summed E-state index contributed by atoms with van der Waals surface area (Å²) in [5, 5.41) is 5.27. The van der Waals surface area contributed by atoms with Gasteiger partial charge in [-0.25, -0.2) is 4.39 Å². The van der Waals surface area contributed by atoms with Crippen LogP contribution in [0.25, 0.3) is 10.2 Å². The first-order valence-corrected chi connectivity index (χ1v) is 7.33. The lowest BCUT2D eigenvalue weighted by Gasteiger charge is -2.17. The van der Waals surface area contributed by atoms with Gasteiger partial charge in [0, 0.05) is 6.20 Å². The Hall–Kier alpha value is -1.78. The van der Waals surface area contributed by atoms with Gasteiger partial charge in [0.1, 0.15) is 5.82 Å². The Labute approximate surface area is 121 Å². The van der Waals surface area contributed by atoms with E-state index in [1.807, 2.05) is 36.8 Å². The molecule has 0 fully saturated rings. The van der Waals surface area contributed by atoms with Crippen LogP contribution in [0, 0.1) is 12.7 Å². The molecule has 1 atom stereocenters. The van der Waals surface area contributed by atoms with Gasteiger partial charge in [0.05, 0.1) is 16.3 Å². The molecule has 1 aromatic carbocycles. The molecule has 1 N–H and O–H groups in total. The van der Waals surface area contributed by atoms with Crippen LogP contribution in [-0.2, 0) is 0 Å². The van der Waals surface area contributed by atoms with Crippen molar-refractivity contribution in [2.45, 2.75) is 13.0 Å². The molecule has 102 valence electrons. The molecule has 0 saturated carbocycles. The minimum absolute atomic E-state index is 0.0518. The van der Waals surface area contributed by atoms with E-state index in [-0.39, 0.29) is 11.9 Å². The van der Waals surface area contributed by atoms with E-state index in [4.69, 9.17) is 0 Å². The number of fused-ring (bicyclic) bond motifs is 1. The van der Waals surface area contributed by atoms with Gasteiger partial charge < -0.3 is 5.32 Å². The van der Waals surface area contributed by atoms with Crippen molar-refractivity contribution in [3.8, 4) is 0 Å². The summed E-state index contributed by atoms with van der Waals surface area (Å²) >= 11 is 1.67. The number of hydrogen-bond acceptors (Lipinski definition) is 3. The Kier molecular flexibility index (Phi) is 3.51. The van der Waals surface area contributed by atoms with Crippen LogP contribution in [0.1, 0.15) is 22.7 Å². The minimum atomic E-state index is -0.173. The molecule has 3 rings (SSSR count). The maximum absolute atomic E-state index is 13.8. The molecule has 1 unspecified atom stereocenters. The molecule has 0 aliphatic rings. The monoisotopic (exact) mass is 286 g/mol. The summed E-state index contributed by atoms with van der Waals surface area (Å²) in [6.07, 6.45) is 1.86. The van der Waals surface area contributed by atoms with E-state index < -0.39 is 0 Å². The van der Waals surface area contributed by atoms with E-state index in [0.29, 0.717) is 5.56 Å².